The molecule has 0 spiro atoms. The van der Waals surface area contributed by atoms with Gasteiger partial charge in [0.15, 0.2) is 0 Å². The molecule has 0 aliphatic heterocycles. The lowest BCUT2D eigenvalue weighted by Gasteiger charge is -2.28. The van der Waals surface area contributed by atoms with E-state index in [1.54, 1.807) is 11.3 Å². The fourth-order valence-electron chi connectivity index (χ4n) is 1.05. The van der Waals surface area contributed by atoms with Crippen molar-refractivity contribution in [2.45, 2.75) is 32.0 Å². The molecule has 1 heterocycles. The molecule has 0 N–H and O–H groups in total. The third kappa shape index (κ3) is 2.83. The molecule has 14 heavy (non-hydrogen) atoms. The summed E-state index contributed by atoms with van der Waals surface area (Å²) in [4.78, 5) is 1.79. The van der Waals surface area contributed by atoms with E-state index in [2.05, 4.69) is 74.6 Å². The minimum absolute atomic E-state index is 0.295. The average Bonchev–Trinajstić information content (AvgIpc) is 2.45. The molecule has 0 saturated heterocycles. The van der Waals surface area contributed by atoms with E-state index in [4.69, 9.17) is 0 Å². The molecule has 0 radical (unpaired) electrons. The number of thiophene rings is 1. The van der Waals surface area contributed by atoms with E-state index in [1.165, 1.54) is 8.66 Å². The Morgan fingerprint density at radius 2 is 2.00 bits per heavy atom. The van der Waals surface area contributed by atoms with Crippen molar-refractivity contribution in [3.63, 3.8) is 0 Å². The zero-order chi connectivity index (χ0) is 10.9. The van der Waals surface area contributed by atoms with Gasteiger partial charge < -0.3 is 0 Å². The third-order valence-corrected chi connectivity index (χ3v) is 7.87. The first-order chi connectivity index (χ1) is 6.38. The van der Waals surface area contributed by atoms with Crippen molar-refractivity contribution in [2.75, 3.05) is 0 Å². The third-order valence-electron chi connectivity index (χ3n) is 2.51. The molecule has 0 saturated carbocycles. The smallest absolute Gasteiger partial charge is 0.0843 e. The van der Waals surface area contributed by atoms with Gasteiger partial charge in [-0.25, -0.2) is 0 Å². The molecule has 0 aromatic carbocycles. The summed E-state index contributed by atoms with van der Waals surface area (Å²) < 4.78 is 2.32. The van der Waals surface area contributed by atoms with Gasteiger partial charge >= 0.3 is 0 Å². The van der Waals surface area contributed by atoms with Crippen LogP contribution in [0.25, 0.3) is 0 Å². The highest BCUT2D eigenvalue weighted by atomic mass is 79.9. The van der Waals surface area contributed by atoms with Crippen LogP contribution in [-0.2, 0) is 0 Å². The van der Waals surface area contributed by atoms with Crippen molar-refractivity contribution in [1.82, 2.24) is 0 Å². The molecular formula is C10H13Br3S. The standard InChI is InChI=1S/C10H13Br3S/c1-4-10(2,3)8(12)7-5-6(11)9(13)14-7/h5,8H,4H2,1-3H3. The van der Waals surface area contributed by atoms with Crippen molar-refractivity contribution in [3.05, 3.63) is 19.2 Å². The van der Waals surface area contributed by atoms with Gasteiger partial charge in [0.05, 0.1) is 8.61 Å². The van der Waals surface area contributed by atoms with Gasteiger partial charge in [-0.15, -0.1) is 11.3 Å². The predicted molar refractivity (Wildman–Crippen MR) is 75.5 cm³/mol. The highest BCUT2D eigenvalue weighted by Crippen LogP contribution is 2.47. The van der Waals surface area contributed by atoms with E-state index < -0.39 is 0 Å². The predicted octanol–water partition coefficient (Wildman–Crippen LogP) is 6.15. The Balaban J connectivity index is 2.94. The monoisotopic (exact) mass is 402 g/mol. The molecule has 1 unspecified atom stereocenters. The maximum absolute atomic E-state index is 3.78. The Morgan fingerprint density at radius 3 is 2.36 bits per heavy atom. The van der Waals surface area contributed by atoms with Crippen LogP contribution in [0.3, 0.4) is 0 Å². The van der Waals surface area contributed by atoms with Gasteiger partial charge in [-0.05, 0) is 49.8 Å². The SMILES string of the molecule is CCC(C)(C)C(Br)c1cc(Br)c(Br)s1. The second kappa shape index (κ2) is 4.98. The summed E-state index contributed by atoms with van der Waals surface area (Å²) in [6.45, 7) is 6.80. The molecule has 80 valence electrons. The molecule has 0 fully saturated rings. The average molecular weight is 405 g/mol. The highest BCUT2D eigenvalue weighted by Gasteiger charge is 2.28. The van der Waals surface area contributed by atoms with Crippen LogP contribution >= 0.6 is 59.1 Å². The minimum Gasteiger partial charge on any atom is -0.131 e. The van der Waals surface area contributed by atoms with Crippen LogP contribution < -0.4 is 0 Å². The van der Waals surface area contributed by atoms with Crippen LogP contribution in [-0.4, -0.2) is 0 Å². The normalized spacial score (nSPS) is 14.4. The van der Waals surface area contributed by atoms with Crippen LogP contribution in [0.2, 0.25) is 0 Å². The number of alkyl halides is 1. The zero-order valence-corrected chi connectivity index (χ0v) is 14.0. The molecule has 1 atom stereocenters. The summed E-state index contributed by atoms with van der Waals surface area (Å²) >= 11 is 12.6. The summed E-state index contributed by atoms with van der Waals surface area (Å²) in [6, 6.07) is 2.19. The van der Waals surface area contributed by atoms with Gasteiger partial charge in [0, 0.05) is 9.35 Å². The maximum Gasteiger partial charge on any atom is 0.0843 e. The fourth-order valence-corrected chi connectivity index (χ4v) is 4.07. The van der Waals surface area contributed by atoms with Gasteiger partial charge in [0.2, 0.25) is 0 Å². The van der Waals surface area contributed by atoms with E-state index in [9.17, 15) is 0 Å². The topological polar surface area (TPSA) is 0 Å². The van der Waals surface area contributed by atoms with Crippen LogP contribution in [0.4, 0.5) is 0 Å². The molecular weight excluding hydrogens is 392 g/mol. The van der Waals surface area contributed by atoms with E-state index >= 15 is 0 Å². The lowest BCUT2D eigenvalue weighted by molar-refractivity contribution is 0.348. The largest absolute Gasteiger partial charge is 0.131 e. The molecule has 0 aliphatic rings. The molecule has 1 aromatic heterocycles. The van der Waals surface area contributed by atoms with Gasteiger partial charge in [-0.3, -0.25) is 0 Å². The van der Waals surface area contributed by atoms with Crippen molar-refractivity contribution in [1.29, 1.82) is 0 Å². The van der Waals surface area contributed by atoms with Crippen LogP contribution in [0.5, 0.6) is 0 Å². The fraction of sp³-hybridized carbons (Fsp3) is 0.600. The first kappa shape index (κ1) is 13.2. The number of rotatable bonds is 3. The minimum atomic E-state index is 0.295. The molecule has 4 heteroatoms. The maximum atomic E-state index is 3.78. The summed E-state index contributed by atoms with van der Waals surface area (Å²) in [6.07, 6.45) is 1.16. The van der Waals surface area contributed by atoms with Crippen LogP contribution in [0.15, 0.2) is 14.3 Å². The van der Waals surface area contributed by atoms with E-state index in [0.29, 0.717) is 10.2 Å². The Hall–Kier alpha value is 1.14. The van der Waals surface area contributed by atoms with Crippen LogP contribution in [0, 0.1) is 5.41 Å². The first-order valence-corrected chi connectivity index (χ1v) is 7.79. The summed E-state index contributed by atoms with van der Waals surface area (Å²) in [5, 5.41) is 0. The first-order valence-electron chi connectivity index (χ1n) is 4.47. The number of hydrogen-bond acceptors (Lipinski definition) is 1. The molecule has 1 rings (SSSR count). The lowest BCUT2D eigenvalue weighted by atomic mass is 9.86. The molecule has 1 aromatic rings. The van der Waals surface area contributed by atoms with E-state index in [1.807, 2.05) is 0 Å². The van der Waals surface area contributed by atoms with Crippen molar-refractivity contribution in [3.8, 4) is 0 Å². The second-order valence-corrected chi connectivity index (χ2v) is 8.15. The van der Waals surface area contributed by atoms with Crippen molar-refractivity contribution in [2.24, 2.45) is 5.41 Å². The molecule has 0 bridgehead atoms. The van der Waals surface area contributed by atoms with E-state index in [-0.39, 0.29) is 0 Å². The number of halogens is 3. The Kier molecular flexibility index (Phi) is 4.70. The van der Waals surface area contributed by atoms with Crippen molar-refractivity contribution < 1.29 is 0 Å². The zero-order valence-electron chi connectivity index (χ0n) is 8.40. The van der Waals surface area contributed by atoms with Crippen LogP contribution in [0.1, 0.15) is 36.9 Å². The second-order valence-electron chi connectivity index (χ2n) is 3.98. The Morgan fingerprint density at radius 1 is 1.43 bits per heavy atom. The molecule has 0 amide bonds. The van der Waals surface area contributed by atoms with Gasteiger partial charge in [-0.2, -0.15) is 0 Å². The molecule has 0 nitrogen and oxygen atoms in total. The quantitative estimate of drug-likeness (QED) is 0.530. The summed E-state index contributed by atoms with van der Waals surface area (Å²) in [7, 11) is 0. The Bertz CT molecular complexity index is 298. The number of hydrogen-bond donors (Lipinski definition) is 0. The van der Waals surface area contributed by atoms with E-state index in [0.717, 1.165) is 10.9 Å². The summed E-state index contributed by atoms with van der Waals surface area (Å²) in [5.41, 5.74) is 0.295. The molecule has 0 aliphatic carbocycles. The van der Waals surface area contributed by atoms with Gasteiger partial charge in [0.1, 0.15) is 0 Å². The van der Waals surface area contributed by atoms with Gasteiger partial charge in [-0.1, -0.05) is 36.7 Å². The summed E-state index contributed by atoms with van der Waals surface area (Å²) in [5.74, 6) is 0. The lowest BCUT2D eigenvalue weighted by Crippen LogP contribution is -2.15. The Labute approximate surface area is 115 Å². The van der Waals surface area contributed by atoms with Gasteiger partial charge in [0.25, 0.3) is 0 Å². The highest BCUT2D eigenvalue weighted by molar-refractivity contribution is 9.13. The van der Waals surface area contributed by atoms with Crippen molar-refractivity contribution >= 4 is 59.1 Å².